The third-order valence-electron chi connectivity index (χ3n) is 2.35. The van der Waals surface area contributed by atoms with Crippen LogP contribution in [0.1, 0.15) is 18.9 Å². The van der Waals surface area contributed by atoms with Crippen LogP contribution in [0.15, 0.2) is 24.3 Å². The van der Waals surface area contributed by atoms with Gasteiger partial charge in [0.2, 0.25) is 5.78 Å². The van der Waals surface area contributed by atoms with Crippen molar-refractivity contribution in [2.45, 2.75) is 19.9 Å². The summed E-state index contributed by atoms with van der Waals surface area (Å²) in [6, 6.07) is 5.39. The topological polar surface area (TPSA) is 83.9 Å². The minimum absolute atomic E-state index is 0.000146. The molecule has 0 radical (unpaired) electrons. The molecule has 0 heterocycles. The van der Waals surface area contributed by atoms with Crippen molar-refractivity contribution in [1.82, 2.24) is 5.06 Å². The van der Waals surface area contributed by atoms with Gasteiger partial charge < -0.3 is 5.11 Å². The summed E-state index contributed by atoms with van der Waals surface area (Å²) in [6.07, 6.45) is -0.781. The van der Waals surface area contributed by atoms with E-state index in [2.05, 4.69) is 0 Å². The molecule has 1 aromatic carbocycles. The average molecular weight is 283 g/mol. The lowest BCUT2D eigenvalue weighted by Gasteiger charge is -2.20. The molecule has 0 atom stereocenters. The van der Waals surface area contributed by atoms with E-state index in [1.807, 2.05) is 0 Å². The smallest absolute Gasteiger partial charge is 0.372 e. The molecule has 0 aliphatic heterocycles. The summed E-state index contributed by atoms with van der Waals surface area (Å²) in [6.45, 7) is 1.82. The van der Waals surface area contributed by atoms with Crippen LogP contribution in [0.5, 0.6) is 0 Å². The highest BCUT2D eigenvalue weighted by molar-refractivity contribution is 6.36. The maximum Gasteiger partial charge on any atom is 0.372 e. The molecule has 0 aliphatic carbocycles. The quantitative estimate of drug-likeness (QED) is 0.461. The van der Waals surface area contributed by atoms with Crippen LogP contribution < -0.4 is 0 Å². The van der Waals surface area contributed by atoms with E-state index >= 15 is 0 Å². The van der Waals surface area contributed by atoms with Crippen LogP contribution in [0.25, 0.3) is 0 Å². The summed E-state index contributed by atoms with van der Waals surface area (Å²) in [7, 11) is 0. The zero-order valence-corrected chi connectivity index (χ0v) is 10.8. The molecule has 0 saturated carbocycles. The normalized spacial score (nSPS) is 10.1. The van der Waals surface area contributed by atoms with Crippen LogP contribution in [0.4, 0.5) is 4.39 Å². The Labute approximate surface area is 114 Å². The number of Topliss-reactive ketones (excluding diaryl/α,β-unsaturated/α-hetero) is 1. The zero-order chi connectivity index (χ0) is 15.1. The van der Waals surface area contributed by atoms with E-state index < -0.39 is 29.9 Å². The number of carboxylic acids is 1. The Morgan fingerprint density at radius 3 is 2.35 bits per heavy atom. The Hall–Kier alpha value is -2.28. The van der Waals surface area contributed by atoms with Gasteiger partial charge >= 0.3 is 5.97 Å². The molecule has 7 heteroatoms. The van der Waals surface area contributed by atoms with Gasteiger partial charge in [-0.25, -0.2) is 14.2 Å². The van der Waals surface area contributed by atoms with Crippen LogP contribution in [0.3, 0.4) is 0 Å². The first-order valence-corrected chi connectivity index (χ1v) is 5.88. The molecule has 1 N–H and O–H groups in total. The van der Waals surface area contributed by atoms with E-state index in [-0.39, 0.29) is 13.2 Å². The van der Waals surface area contributed by atoms with Gasteiger partial charge in [0.25, 0.3) is 5.91 Å². The standard InChI is InChI=1S/C13H14FNO5/c1-2-20-15(12(17)7-11(16)13(18)19)8-9-3-5-10(14)6-4-9/h3-6H,2,7-8H2,1H3,(H,18,19). The van der Waals surface area contributed by atoms with Crippen molar-refractivity contribution in [1.29, 1.82) is 0 Å². The van der Waals surface area contributed by atoms with Crippen molar-refractivity contribution >= 4 is 17.7 Å². The zero-order valence-electron chi connectivity index (χ0n) is 10.8. The minimum Gasteiger partial charge on any atom is -0.475 e. The maximum absolute atomic E-state index is 12.8. The molecule has 0 unspecified atom stereocenters. The lowest BCUT2D eigenvalue weighted by atomic mass is 10.2. The average Bonchev–Trinajstić information content (AvgIpc) is 2.40. The van der Waals surface area contributed by atoms with Crippen LogP contribution in [0.2, 0.25) is 0 Å². The number of hydroxylamine groups is 2. The predicted octanol–water partition coefficient (Wildman–Crippen LogP) is 1.15. The molecule has 0 saturated heterocycles. The van der Waals surface area contributed by atoms with Gasteiger partial charge in [-0.1, -0.05) is 12.1 Å². The summed E-state index contributed by atoms with van der Waals surface area (Å²) in [5.74, 6) is -4.05. The van der Waals surface area contributed by atoms with Gasteiger partial charge in [-0.2, -0.15) is 0 Å². The molecule has 0 bridgehead atoms. The number of carboxylic acid groups (broad SMARTS) is 1. The SMILES string of the molecule is CCON(Cc1ccc(F)cc1)C(=O)CC(=O)C(=O)O. The second-order valence-corrected chi connectivity index (χ2v) is 3.88. The highest BCUT2D eigenvalue weighted by Crippen LogP contribution is 2.09. The number of amides is 1. The molecule has 108 valence electrons. The maximum atomic E-state index is 12.8. The van der Waals surface area contributed by atoms with E-state index in [1.165, 1.54) is 24.3 Å². The van der Waals surface area contributed by atoms with Gasteiger partial charge in [-0.05, 0) is 24.6 Å². The molecule has 1 amide bonds. The van der Waals surface area contributed by atoms with Crippen LogP contribution in [0, 0.1) is 5.82 Å². The number of ketones is 1. The number of hydrogen-bond donors (Lipinski definition) is 1. The first-order valence-electron chi connectivity index (χ1n) is 5.88. The second-order valence-electron chi connectivity index (χ2n) is 3.88. The molecule has 0 aliphatic rings. The molecule has 0 fully saturated rings. The molecule has 0 aromatic heterocycles. The lowest BCUT2D eigenvalue weighted by Crippen LogP contribution is -2.33. The first kappa shape index (κ1) is 15.8. The van der Waals surface area contributed by atoms with Gasteiger partial charge in [0.1, 0.15) is 5.82 Å². The van der Waals surface area contributed by atoms with E-state index in [0.717, 1.165) is 5.06 Å². The number of aliphatic carboxylic acids is 1. The summed E-state index contributed by atoms with van der Waals surface area (Å²) >= 11 is 0. The fourth-order valence-corrected chi connectivity index (χ4v) is 1.42. The van der Waals surface area contributed by atoms with Crippen molar-refractivity contribution in [2.24, 2.45) is 0 Å². The number of carbonyl (C=O) groups excluding carboxylic acids is 2. The molecule has 1 aromatic rings. The number of benzene rings is 1. The first-order chi connectivity index (χ1) is 9.43. The highest BCUT2D eigenvalue weighted by Gasteiger charge is 2.22. The number of nitrogens with zero attached hydrogens (tertiary/aromatic N) is 1. The monoisotopic (exact) mass is 283 g/mol. The van der Waals surface area contributed by atoms with Gasteiger partial charge in [-0.3, -0.25) is 14.4 Å². The molecule has 0 spiro atoms. The Balaban J connectivity index is 2.72. The number of carbonyl (C=O) groups is 3. The largest absolute Gasteiger partial charge is 0.475 e. The Morgan fingerprint density at radius 2 is 1.85 bits per heavy atom. The third kappa shape index (κ3) is 4.77. The summed E-state index contributed by atoms with van der Waals surface area (Å²) in [5.41, 5.74) is 0.593. The highest BCUT2D eigenvalue weighted by atomic mass is 19.1. The fraction of sp³-hybridized carbons (Fsp3) is 0.308. The summed E-state index contributed by atoms with van der Waals surface area (Å²) in [5, 5.41) is 9.36. The van der Waals surface area contributed by atoms with Crippen molar-refractivity contribution in [3.8, 4) is 0 Å². The second kappa shape index (κ2) is 7.34. The van der Waals surface area contributed by atoms with E-state index in [9.17, 15) is 18.8 Å². The Morgan fingerprint density at radius 1 is 1.25 bits per heavy atom. The van der Waals surface area contributed by atoms with E-state index in [1.54, 1.807) is 6.92 Å². The molecule has 1 rings (SSSR count). The Kier molecular flexibility index (Phi) is 5.79. The summed E-state index contributed by atoms with van der Waals surface area (Å²) in [4.78, 5) is 38.2. The van der Waals surface area contributed by atoms with Crippen LogP contribution in [-0.4, -0.2) is 34.4 Å². The van der Waals surface area contributed by atoms with Crippen molar-refractivity contribution in [2.75, 3.05) is 6.61 Å². The fourth-order valence-electron chi connectivity index (χ4n) is 1.42. The van der Waals surface area contributed by atoms with Crippen LogP contribution >= 0.6 is 0 Å². The minimum atomic E-state index is -1.67. The number of halogens is 1. The molecular weight excluding hydrogens is 269 g/mol. The van der Waals surface area contributed by atoms with Crippen molar-refractivity contribution in [3.63, 3.8) is 0 Å². The van der Waals surface area contributed by atoms with Crippen LogP contribution in [-0.2, 0) is 25.8 Å². The number of hydrogen-bond acceptors (Lipinski definition) is 4. The predicted molar refractivity (Wildman–Crippen MR) is 65.8 cm³/mol. The van der Waals surface area contributed by atoms with Gasteiger partial charge in [0.15, 0.2) is 0 Å². The van der Waals surface area contributed by atoms with Gasteiger partial charge in [0.05, 0.1) is 19.6 Å². The third-order valence-corrected chi connectivity index (χ3v) is 2.35. The van der Waals surface area contributed by atoms with E-state index in [4.69, 9.17) is 9.94 Å². The van der Waals surface area contributed by atoms with Gasteiger partial charge in [-0.15, -0.1) is 0 Å². The van der Waals surface area contributed by atoms with Gasteiger partial charge in [0, 0.05) is 0 Å². The number of rotatable bonds is 7. The summed E-state index contributed by atoms with van der Waals surface area (Å²) < 4.78 is 12.8. The van der Waals surface area contributed by atoms with Crippen molar-refractivity contribution in [3.05, 3.63) is 35.6 Å². The molecular formula is C13H14FNO5. The van der Waals surface area contributed by atoms with E-state index in [0.29, 0.717) is 5.56 Å². The Bertz CT molecular complexity index is 500. The molecule has 6 nitrogen and oxygen atoms in total. The molecule has 20 heavy (non-hydrogen) atoms. The lowest BCUT2D eigenvalue weighted by molar-refractivity contribution is -0.189. The van der Waals surface area contributed by atoms with Crippen molar-refractivity contribution < 1.29 is 28.7 Å².